The molecule has 1 aromatic heterocycles. The summed E-state index contributed by atoms with van der Waals surface area (Å²) in [4.78, 5) is 48.4. The third-order valence-corrected chi connectivity index (χ3v) is 9.71. The highest BCUT2D eigenvalue weighted by Crippen LogP contribution is 2.39. The van der Waals surface area contributed by atoms with E-state index in [9.17, 15) is 32.7 Å². The highest BCUT2D eigenvalue weighted by Gasteiger charge is 2.38. The zero-order valence-electron chi connectivity index (χ0n) is 25.7. The highest BCUT2D eigenvalue weighted by molar-refractivity contribution is 7.92. The molecule has 2 aliphatic heterocycles. The van der Waals surface area contributed by atoms with Crippen molar-refractivity contribution in [2.24, 2.45) is 7.05 Å². The van der Waals surface area contributed by atoms with Crippen LogP contribution >= 0.6 is 0 Å². The number of hydrogen-bond donors (Lipinski definition) is 4. The fraction of sp³-hybridized carbons (Fsp3) is 0.182. The number of fused-ring (bicyclic) bond motifs is 2. The van der Waals surface area contributed by atoms with E-state index in [-0.39, 0.29) is 41.3 Å². The number of nitrogens with one attached hydrogen (secondary N) is 3. The van der Waals surface area contributed by atoms with Gasteiger partial charge in [-0.1, -0.05) is 12.1 Å². The molecule has 0 saturated carbocycles. The summed E-state index contributed by atoms with van der Waals surface area (Å²) in [7, 11) is -2.58. The minimum absolute atomic E-state index is 0.00874. The number of carbonyl (C=O) groups is 4. The predicted octanol–water partition coefficient (Wildman–Crippen LogP) is 3.25. The van der Waals surface area contributed by atoms with Gasteiger partial charge < -0.3 is 15.2 Å². The first-order valence-electron chi connectivity index (χ1n) is 15.0. The van der Waals surface area contributed by atoms with E-state index in [4.69, 9.17) is 4.74 Å². The van der Waals surface area contributed by atoms with Crippen molar-refractivity contribution in [3.8, 4) is 17.2 Å². The Hall–Kier alpha value is -6.03. The maximum absolute atomic E-state index is 15.4. The van der Waals surface area contributed by atoms with E-state index in [1.165, 1.54) is 18.2 Å². The standard InChI is InChI=1S/C33H27FN6O8S/c1-39-25-15-21(7-9-23(25)31(37-39)24-10-11-27(42)36-33(24)45)48-20-5-2-17(3-6-20)12-28(43)35-19-4-8-22-18(13-19)14-26(41)32(30(22)34)40-16-29(44)38-49(40,46)47/h2-9,13-15,24,41H,10-12,16H2,1H3,(H,35,43)(H,38,44)(H,36,42,45). The number of imide groups is 1. The van der Waals surface area contributed by atoms with Crippen LogP contribution in [0.15, 0.2) is 66.7 Å². The molecule has 2 aliphatic rings. The van der Waals surface area contributed by atoms with E-state index in [1.54, 1.807) is 46.8 Å². The summed E-state index contributed by atoms with van der Waals surface area (Å²) >= 11 is 0. The van der Waals surface area contributed by atoms with Crippen LogP contribution < -0.4 is 24.4 Å². The molecule has 2 saturated heterocycles. The van der Waals surface area contributed by atoms with Crippen LogP contribution in [0.5, 0.6) is 17.2 Å². The highest BCUT2D eigenvalue weighted by atomic mass is 32.2. The zero-order valence-corrected chi connectivity index (χ0v) is 26.5. The molecule has 0 bridgehead atoms. The summed E-state index contributed by atoms with van der Waals surface area (Å²) < 4.78 is 49.6. The van der Waals surface area contributed by atoms with E-state index in [0.29, 0.717) is 39.2 Å². The number of piperidine rings is 1. The van der Waals surface area contributed by atoms with Gasteiger partial charge in [-0.25, -0.2) is 13.4 Å². The Labute approximate surface area is 277 Å². The molecule has 0 aliphatic carbocycles. The quantitative estimate of drug-likeness (QED) is 0.186. The summed E-state index contributed by atoms with van der Waals surface area (Å²) in [5.41, 5.74) is 1.72. The van der Waals surface area contributed by atoms with Gasteiger partial charge in [0.1, 0.15) is 29.5 Å². The molecule has 2 fully saturated rings. The first kappa shape index (κ1) is 31.6. The Kier molecular flexibility index (Phi) is 7.66. The minimum Gasteiger partial charge on any atom is -0.506 e. The van der Waals surface area contributed by atoms with E-state index >= 15 is 4.39 Å². The van der Waals surface area contributed by atoms with Crippen molar-refractivity contribution in [2.45, 2.75) is 25.2 Å². The number of nitrogens with zero attached hydrogens (tertiary/aromatic N) is 3. The smallest absolute Gasteiger partial charge is 0.326 e. The Morgan fingerprint density at radius 1 is 1.02 bits per heavy atom. The molecule has 1 unspecified atom stereocenters. The molecule has 4 N–H and O–H groups in total. The van der Waals surface area contributed by atoms with Crippen molar-refractivity contribution in [1.82, 2.24) is 19.8 Å². The van der Waals surface area contributed by atoms with Crippen LogP contribution in [0.2, 0.25) is 0 Å². The van der Waals surface area contributed by atoms with Gasteiger partial charge in [0.05, 0.1) is 23.5 Å². The van der Waals surface area contributed by atoms with E-state index in [0.717, 1.165) is 17.0 Å². The fourth-order valence-corrected chi connectivity index (χ4v) is 7.20. The maximum Gasteiger partial charge on any atom is 0.326 e. The number of carbonyl (C=O) groups excluding carboxylic acids is 4. The van der Waals surface area contributed by atoms with E-state index in [2.05, 4.69) is 15.7 Å². The van der Waals surface area contributed by atoms with Gasteiger partial charge in [0.25, 0.3) is 5.91 Å². The second-order valence-corrected chi connectivity index (χ2v) is 13.3. The van der Waals surface area contributed by atoms with Gasteiger partial charge in [0, 0.05) is 36.0 Å². The number of aromatic nitrogens is 2. The van der Waals surface area contributed by atoms with Crippen molar-refractivity contribution >= 4 is 66.9 Å². The monoisotopic (exact) mass is 686 g/mol. The average Bonchev–Trinajstić information content (AvgIpc) is 3.50. The lowest BCUT2D eigenvalue weighted by Gasteiger charge is -2.19. The van der Waals surface area contributed by atoms with Gasteiger partial charge in [0.15, 0.2) is 5.82 Å². The molecule has 0 spiro atoms. The maximum atomic E-state index is 15.4. The predicted molar refractivity (Wildman–Crippen MR) is 175 cm³/mol. The Bertz CT molecular complexity index is 2340. The second kappa shape index (κ2) is 11.9. The van der Waals surface area contributed by atoms with E-state index < -0.39 is 45.8 Å². The number of halogens is 1. The second-order valence-electron chi connectivity index (χ2n) is 11.7. The lowest BCUT2D eigenvalue weighted by Crippen LogP contribution is -2.39. The van der Waals surface area contributed by atoms with E-state index in [1.807, 2.05) is 12.1 Å². The van der Waals surface area contributed by atoms with Gasteiger partial charge in [-0.2, -0.15) is 13.5 Å². The molecule has 250 valence electrons. The number of aryl methyl sites for hydroxylation is 1. The summed E-state index contributed by atoms with van der Waals surface area (Å²) in [6.45, 7) is -0.671. The number of aromatic hydroxyl groups is 1. The van der Waals surface area contributed by atoms with Crippen molar-refractivity contribution in [3.05, 3.63) is 83.8 Å². The van der Waals surface area contributed by atoms with Gasteiger partial charge >= 0.3 is 10.2 Å². The number of phenols is 1. The summed E-state index contributed by atoms with van der Waals surface area (Å²) in [6, 6.07) is 17.7. The first-order chi connectivity index (χ1) is 23.4. The van der Waals surface area contributed by atoms with Gasteiger partial charge in [-0.05, 0) is 65.9 Å². The molecule has 0 radical (unpaired) electrons. The minimum atomic E-state index is -4.34. The third kappa shape index (κ3) is 5.97. The molecule has 14 nitrogen and oxygen atoms in total. The fourth-order valence-electron chi connectivity index (χ4n) is 6.04. The molecule has 4 amide bonds. The van der Waals surface area contributed by atoms with Crippen LogP contribution in [-0.4, -0.2) is 53.5 Å². The summed E-state index contributed by atoms with van der Waals surface area (Å²) in [5, 5.41) is 21.1. The Morgan fingerprint density at radius 2 is 1.76 bits per heavy atom. The number of benzene rings is 4. The average molecular weight is 687 g/mol. The van der Waals surface area contributed by atoms with Crippen LogP contribution in [0.4, 0.5) is 15.8 Å². The van der Waals surface area contributed by atoms with Gasteiger partial charge in [-0.3, -0.25) is 29.2 Å². The lowest BCUT2D eigenvalue weighted by molar-refractivity contribution is -0.134. The van der Waals surface area contributed by atoms with Gasteiger partial charge in [0.2, 0.25) is 17.7 Å². The Morgan fingerprint density at radius 3 is 2.47 bits per heavy atom. The largest absolute Gasteiger partial charge is 0.506 e. The molecule has 3 heterocycles. The van der Waals surface area contributed by atoms with Crippen LogP contribution in [0.1, 0.15) is 30.0 Å². The van der Waals surface area contributed by atoms with Crippen LogP contribution in [0.3, 0.4) is 0 Å². The molecule has 49 heavy (non-hydrogen) atoms. The number of amides is 4. The zero-order chi connectivity index (χ0) is 34.6. The molecule has 16 heteroatoms. The molecule has 5 aromatic rings. The van der Waals surface area contributed by atoms with Gasteiger partial charge in [-0.15, -0.1) is 0 Å². The van der Waals surface area contributed by atoms with Crippen LogP contribution in [0.25, 0.3) is 21.7 Å². The summed E-state index contributed by atoms with van der Waals surface area (Å²) in [6.07, 6.45) is 0.657. The first-order valence-corrected chi connectivity index (χ1v) is 16.5. The molecular formula is C33H27FN6O8S. The van der Waals surface area contributed by atoms with Crippen molar-refractivity contribution in [3.63, 3.8) is 0 Å². The van der Waals surface area contributed by atoms with Crippen molar-refractivity contribution in [1.29, 1.82) is 0 Å². The van der Waals surface area contributed by atoms with Crippen molar-refractivity contribution < 1.29 is 41.8 Å². The Balaban J connectivity index is 1.01. The topological polar surface area (TPSA) is 189 Å². The number of ether oxygens (including phenoxy) is 1. The van der Waals surface area contributed by atoms with Crippen LogP contribution in [0, 0.1) is 5.82 Å². The number of rotatable bonds is 7. The normalized spacial score (nSPS) is 17.3. The third-order valence-electron chi connectivity index (χ3n) is 8.33. The molecule has 1 atom stereocenters. The number of hydrogen-bond acceptors (Lipinski definition) is 9. The van der Waals surface area contributed by atoms with Crippen LogP contribution in [-0.2, 0) is 42.9 Å². The SMILES string of the molecule is Cn1nc(C2CCC(=O)NC2=O)c2ccc(Oc3ccc(CC(=O)Nc4ccc5c(F)c(N6CC(=O)NS6(=O)=O)c(O)cc5c4)cc3)cc21. The summed E-state index contributed by atoms with van der Waals surface area (Å²) in [5.74, 6) is -3.05. The number of anilines is 2. The van der Waals surface area contributed by atoms with Crippen molar-refractivity contribution in [2.75, 3.05) is 16.2 Å². The molecule has 4 aromatic carbocycles. The lowest BCUT2D eigenvalue weighted by atomic mass is 9.93. The number of phenolic OH excluding ortho intramolecular Hbond substituents is 1. The molecular weight excluding hydrogens is 659 g/mol. The molecule has 7 rings (SSSR count).